The fourth-order valence-corrected chi connectivity index (χ4v) is 2.75. The molecule has 1 aliphatic heterocycles. The SMILES string of the molecule is N[C@@H](c1ccccc1Br)C1CCNCC1. The van der Waals surface area contributed by atoms with E-state index < -0.39 is 0 Å². The first kappa shape index (κ1) is 11.1. The minimum atomic E-state index is 0.169. The molecular weight excluding hydrogens is 252 g/mol. The molecule has 15 heavy (non-hydrogen) atoms. The first-order chi connectivity index (χ1) is 7.29. The van der Waals surface area contributed by atoms with Crippen LogP contribution in [0.5, 0.6) is 0 Å². The van der Waals surface area contributed by atoms with Gasteiger partial charge in [0.25, 0.3) is 0 Å². The highest BCUT2D eigenvalue weighted by atomic mass is 79.9. The van der Waals surface area contributed by atoms with E-state index >= 15 is 0 Å². The fourth-order valence-electron chi connectivity index (χ4n) is 2.20. The average Bonchev–Trinajstić information content (AvgIpc) is 2.30. The Kier molecular flexibility index (Phi) is 3.78. The molecule has 0 radical (unpaired) electrons. The summed E-state index contributed by atoms with van der Waals surface area (Å²) in [6.45, 7) is 2.20. The molecule has 0 bridgehead atoms. The van der Waals surface area contributed by atoms with Gasteiger partial charge in [0, 0.05) is 10.5 Å². The maximum Gasteiger partial charge on any atom is 0.0335 e. The molecule has 1 saturated heterocycles. The summed E-state index contributed by atoms with van der Waals surface area (Å²) in [5.41, 5.74) is 7.55. The molecule has 0 saturated carbocycles. The molecule has 0 unspecified atom stereocenters. The number of hydrogen-bond donors (Lipinski definition) is 2. The van der Waals surface area contributed by atoms with Crippen LogP contribution in [0, 0.1) is 5.92 Å². The van der Waals surface area contributed by atoms with Crippen LogP contribution in [0.4, 0.5) is 0 Å². The van der Waals surface area contributed by atoms with Gasteiger partial charge in [-0.05, 0) is 43.5 Å². The summed E-state index contributed by atoms with van der Waals surface area (Å²) in [6.07, 6.45) is 2.37. The lowest BCUT2D eigenvalue weighted by atomic mass is 9.87. The molecule has 3 heteroatoms. The standard InChI is InChI=1S/C12H17BrN2/c13-11-4-2-1-3-10(11)12(14)9-5-7-15-8-6-9/h1-4,9,12,15H,5-8,14H2/t12-/m1/s1. The second-order valence-electron chi connectivity index (χ2n) is 4.13. The average molecular weight is 269 g/mol. The van der Waals surface area contributed by atoms with Crippen molar-refractivity contribution in [3.05, 3.63) is 34.3 Å². The molecule has 2 rings (SSSR count). The van der Waals surface area contributed by atoms with Crippen molar-refractivity contribution in [1.29, 1.82) is 0 Å². The highest BCUT2D eigenvalue weighted by molar-refractivity contribution is 9.10. The van der Waals surface area contributed by atoms with Crippen molar-refractivity contribution in [3.8, 4) is 0 Å². The van der Waals surface area contributed by atoms with Gasteiger partial charge in [0.05, 0.1) is 0 Å². The largest absolute Gasteiger partial charge is 0.324 e. The number of nitrogens with one attached hydrogen (secondary N) is 1. The van der Waals surface area contributed by atoms with E-state index in [1.807, 2.05) is 6.07 Å². The zero-order chi connectivity index (χ0) is 10.7. The second-order valence-corrected chi connectivity index (χ2v) is 4.99. The highest BCUT2D eigenvalue weighted by Crippen LogP contribution is 2.30. The van der Waals surface area contributed by atoms with E-state index in [0.717, 1.165) is 17.6 Å². The molecule has 1 atom stereocenters. The van der Waals surface area contributed by atoms with Crippen LogP contribution >= 0.6 is 15.9 Å². The zero-order valence-corrected chi connectivity index (χ0v) is 10.3. The van der Waals surface area contributed by atoms with E-state index in [0.29, 0.717) is 5.92 Å². The van der Waals surface area contributed by atoms with E-state index in [4.69, 9.17) is 5.73 Å². The van der Waals surface area contributed by atoms with Gasteiger partial charge < -0.3 is 11.1 Å². The molecule has 1 aliphatic rings. The summed E-state index contributed by atoms with van der Waals surface area (Å²) in [6, 6.07) is 8.44. The van der Waals surface area contributed by atoms with Gasteiger partial charge in [0.15, 0.2) is 0 Å². The van der Waals surface area contributed by atoms with Crippen LogP contribution in [0.3, 0.4) is 0 Å². The number of rotatable bonds is 2. The Bertz CT molecular complexity index is 321. The summed E-state index contributed by atoms with van der Waals surface area (Å²) in [7, 11) is 0. The van der Waals surface area contributed by atoms with Crippen molar-refractivity contribution in [2.24, 2.45) is 11.7 Å². The smallest absolute Gasteiger partial charge is 0.0335 e. The normalized spacial score (nSPS) is 20.1. The van der Waals surface area contributed by atoms with Gasteiger partial charge in [-0.15, -0.1) is 0 Å². The molecule has 3 N–H and O–H groups in total. The van der Waals surface area contributed by atoms with Crippen LogP contribution in [0.1, 0.15) is 24.4 Å². The lowest BCUT2D eigenvalue weighted by Gasteiger charge is -2.28. The molecule has 1 fully saturated rings. The van der Waals surface area contributed by atoms with Crippen molar-refractivity contribution in [1.82, 2.24) is 5.32 Å². The predicted molar refractivity (Wildman–Crippen MR) is 66.7 cm³/mol. The second kappa shape index (κ2) is 5.10. The van der Waals surface area contributed by atoms with Crippen LogP contribution in [0.25, 0.3) is 0 Å². The van der Waals surface area contributed by atoms with E-state index in [-0.39, 0.29) is 6.04 Å². The topological polar surface area (TPSA) is 38.0 Å². The minimum absolute atomic E-state index is 0.169. The third-order valence-corrected chi connectivity index (χ3v) is 3.88. The van der Waals surface area contributed by atoms with E-state index in [2.05, 4.69) is 39.4 Å². The van der Waals surface area contributed by atoms with Crippen LogP contribution < -0.4 is 11.1 Å². The van der Waals surface area contributed by atoms with Gasteiger partial charge in [-0.3, -0.25) is 0 Å². The summed E-state index contributed by atoms with van der Waals surface area (Å²) < 4.78 is 1.14. The third kappa shape index (κ3) is 2.60. The summed E-state index contributed by atoms with van der Waals surface area (Å²) in [4.78, 5) is 0. The minimum Gasteiger partial charge on any atom is -0.324 e. The molecule has 1 aromatic rings. The van der Waals surface area contributed by atoms with Crippen molar-refractivity contribution in [3.63, 3.8) is 0 Å². The van der Waals surface area contributed by atoms with E-state index in [9.17, 15) is 0 Å². The predicted octanol–water partition coefficient (Wildman–Crippen LogP) is 2.45. The number of piperidine rings is 1. The van der Waals surface area contributed by atoms with E-state index in [1.54, 1.807) is 0 Å². The van der Waals surface area contributed by atoms with Gasteiger partial charge in [0.1, 0.15) is 0 Å². The molecule has 0 aromatic heterocycles. The lowest BCUT2D eigenvalue weighted by Crippen LogP contribution is -2.33. The number of hydrogen-bond acceptors (Lipinski definition) is 2. The summed E-state index contributed by atoms with van der Waals surface area (Å²) in [5.74, 6) is 0.616. The summed E-state index contributed by atoms with van der Waals surface area (Å²) in [5, 5.41) is 3.37. The molecular formula is C12H17BrN2. The Morgan fingerprint density at radius 1 is 1.27 bits per heavy atom. The van der Waals surface area contributed by atoms with Gasteiger partial charge >= 0.3 is 0 Å². The van der Waals surface area contributed by atoms with Crippen LogP contribution in [-0.4, -0.2) is 13.1 Å². The molecule has 0 amide bonds. The first-order valence-electron chi connectivity index (χ1n) is 5.50. The maximum absolute atomic E-state index is 6.31. The highest BCUT2D eigenvalue weighted by Gasteiger charge is 2.22. The monoisotopic (exact) mass is 268 g/mol. The Morgan fingerprint density at radius 2 is 1.93 bits per heavy atom. The summed E-state index contributed by atoms with van der Waals surface area (Å²) >= 11 is 3.57. The maximum atomic E-state index is 6.31. The quantitative estimate of drug-likeness (QED) is 0.865. The van der Waals surface area contributed by atoms with Crippen molar-refractivity contribution < 1.29 is 0 Å². The van der Waals surface area contributed by atoms with Crippen molar-refractivity contribution >= 4 is 15.9 Å². The molecule has 1 aromatic carbocycles. The molecule has 1 heterocycles. The zero-order valence-electron chi connectivity index (χ0n) is 8.75. The lowest BCUT2D eigenvalue weighted by molar-refractivity contribution is 0.321. The molecule has 82 valence electrons. The Morgan fingerprint density at radius 3 is 2.60 bits per heavy atom. The third-order valence-electron chi connectivity index (χ3n) is 3.16. The molecule has 0 aliphatic carbocycles. The Hall–Kier alpha value is -0.380. The number of halogens is 1. The first-order valence-corrected chi connectivity index (χ1v) is 6.29. The number of benzene rings is 1. The van der Waals surface area contributed by atoms with Crippen molar-refractivity contribution in [2.45, 2.75) is 18.9 Å². The number of nitrogens with two attached hydrogens (primary N) is 1. The van der Waals surface area contributed by atoms with Gasteiger partial charge in [-0.25, -0.2) is 0 Å². The van der Waals surface area contributed by atoms with Gasteiger partial charge in [0.2, 0.25) is 0 Å². The Balaban J connectivity index is 2.12. The van der Waals surface area contributed by atoms with Gasteiger partial charge in [-0.1, -0.05) is 34.1 Å². The van der Waals surface area contributed by atoms with Crippen LogP contribution in [0.2, 0.25) is 0 Å². The van der Waals surface area contributed by atoms with Crippen LogP contribution in [-0.2, 0) is 0 Å². The van der Waals surface area contributed by atoms with E-state index in [1.165, 1.54) is 18.4 Å². The van der Waals surface area contributed by atoms with Crippen molar-refractivity contribution in [2.75, 3.05) is 13.1 Å². The van der Waals surface area contributed by atoms with Crippen LogP contribution in [0.15, 0.2) is 28.7 Å². The Labute approximate surface area is 99.4 Å². The fraction of sp³-hybridized carbons (Fsp3) is 0.500. The molecule has 2 nitrogen and oxygen atoms in total. The van der Waals surface area contributed by atoms with Gasteiger partial charge in [-0.2, -0.15) is 0 Å². The molecule has 0 spiro atoms.